The molecule has 70 valence electrons. The van der Waals surface area contributed by atoms with Crippen LogP contribution >= 0.6 is 0 Å². The molecule has 0 aromatic carbocycles. The van der Waals surface area contributed by atoms with Crippen LogP contribution in [0.2, 0.25) is 0 Å². The van der Waals surface area contributed by atoms with Gasteiger partial charge in [-0.15, -0.1) is 0 Å². The van der Waals surface area contributed by atoms with Gasteiger partial charge in [-0.05, 0) is 27.7 Å². The quantitative estimate of drug-likeness (QED) is 0.582. The average molecular weight is 171 g/mol. The molecule has 0 amide bonds. The Kier molecular flexibility index (Phi) is 6.18. The van der Waals surface area contributed by atoms with Crippen molar-refractivity contribution >= 4 is 0 Å². The van der Waals surface area contributed by atoms with Crippen molar-refractivity contribution in [2.24, 2.45) is 0 Å². The second-order valence-corrected chi connectivity index (χ2v) is 3.19. The van der Waals surface area contributed by atoms with Crippen molar-refractivity contribution in [1.29, 1.82) is 0 Å². The van der Waals surface area contributed by atoms with E-state index in [4.69, 9.17) is 0 Å². The molecule has 1 aromatic heterocycles. The fraction of sp³-hybridized carbons (Fsp3) is 0.857. The monoisotopic (exact) mass is 171 g/mol. The van der Waals surface area contributed by atoms with Crippen LogP contribution in [0.25, 0.3) is 0 Å². The van der Waals surface area contributed by atoms with E-state index in [9.17, 15) is 0 Å². The standard InChI is InChI=1S/C6H15N.CHN4/c1-5(2)7-6(3)4;1-2-4-5-3-1/h5-7H,1-4H3;(H,2,3,4,5)/q;-1/p+1. The number of hydrogen-bond acceptors (Lipinski definition) is 3. The highest BCUT2D eigenvalue weighted by atomic mass is 15.5. The van der Waals surface area contributed by atoms with Crippen LogP contribution in [-0.4, -0.2) is 32.7 Å². The lowest BCUT2D eigenvalue weighted by atomic mass is 10.3. The molecule has 0 aliphatic rings. The first-order chi connectivity index (χ1) is 5.63. The molecular weight excluding hydrogens is 154 g/mol. The molecule has 0 aliphatic heterocycles. The molecule has 0 bridgehead atoms. The number of quaternary nitrogens is 1. The lowest BCUT2D eigenvalue weighted by molar-refractivity contribution is -0.709. The molecule has 0 radical (unpaired) electrons. The van der Waals surface area contributed by atoms with Gasteiger partial charge < -0.3 is 15.5 Å². The highest BCUT2D eigenvalue weighted by molar-refractivity contribution is 4.31. The highest BCUT2D eigenvalue weighted by Gasteiger charge is 1.96. The minimum atomic E-state index is 0.750. The molecule has 0 saturated heterocycles. The maximum absolute atomic E-state index is 3.25. The lowest BCUT2D eigenvalue weighted by Crippen LogP contribution is -2.92. The van der Waals surface area contributed by atoms with E-state index in [-0.39, 0.29) is 0 Å². The summed E-state index contributed by atoms with van der Waals surface area (Å²) < 4.78 is 0. The zero-order valence-electron chi connectivity index (χ0n) is 8.07. The SMILES string of the molecule is CC(C)[NH2+]C(C)C.[c-]1nn[nH]n1. The van der Waals surface area contributed by atoms with Gasteiger partial charge in [0.25, 0.3) is 0 Å². The molecule has 1 aromatic rings. The van der Waals surface area contributed by atoms with Gasteiger partial charge in [-0.2, -0.15) is 0 Å². The molecule has 0 fully saturated rings. The van der Waals surface area contributed by atoms with Crippen molar-refractivity contribution in [3.8, 4) is 0 Å². The zero-order chi connectivity index (χ0) is 9.40. The van der Waals surface area contributed by atoms with Gasteiger partial charge in [-0.25, -0.2) is 11.5 Å². The number of nitrogens with zero attached hydrogens (tertiary/aromatic N) is 3. The van der Waals surface area contributed by atoms with Crippen LogP contribution < -0.4 is 5.32 Å². The highest BCUT2D eigenvalue weighted by Crippen LogP contribution is 1.67. The van der Waals surface area contributed by atoms with Gasteiger partial charge in [0, 0.05) is 0 Å². The third kappa shape index (κ3) is 9.03. The molecule has 1 heterocycles. The van der Waals surface area contributed by atoms with Crippen LogP contribution in [0.4, 0.5) is 0 Å². The number of rotatable bonds is 2. The Morgan fingerprint density at radius 1 is 1.17 bits per heavy atom. The Labute approximate surface area is 73.0 Å². The maximum atomic E-state index is 3.25. The van der Waals surface area contributed by atoms with Crippen LogP contribution in [0, 0.1) is 6.33 Å². The first-order valence-electron chi connectivity index (χ1n) is 4.07. The number of tetrazole rings is 1. The van der Waals surface area contributed by atoms with E-state index < -0.39 is 0 Å². The van der Waals surface area contributed by atoms with Crippen LogP contribution in [0.1, 0.15) is 27.7 Å². The van der Waals surface area contributed by atoms with Crippen LogP contribution in [-0.2, 0) is 0 Å². The van der Waals surface area contributed by atoms with Crippen molar-refractivity contribution in [3.63, 3.8) is 0 Å². The molecule has 0 saturated carbocycles. The normalized spacial score (nSPS) is 9.83. The number of aromatic amines is 1. The molecule has 0 unspecified atom stereocenters. The van der Waals surface area contributed by atoms with Crippen molar-refractivity contribution < 1.29 is 5.32 Å². The molecule has 3 N–H and O–H groups in total. The summed E-state index contributed by atoms with van der Waals surface area (Å²) in [5, 5.41) is 14.1. The van der Waals surface area contributed by atoms with Crippen molar-refractivity contribution in [2.45, 2.75) is 39.8 Å². The second-order valence-electron chi connectivity index (χ2n) is 3.19. The van der Waals surface area contributed by atoms with Crippen molar-refractivity contribution in [3.05, 3.63) is 6.33 Å². The van der Waals surface area contributed by atoms with Gasteiger partial charge in [0.1, 0.15) is 0 Å². The zero-order valence-corrected chi connectivity index (χ0v) is 8.07. The number of nitrogens with two attached hydrogens (primary N) is 1. The van der Waals surface area contributed by atoms with E-state index in [0.29, 0.717) is 0 Å². The smallest absolute Gasteiger partial charge is 0.0803 e. The van der Waals surface area contributed by atoms with E-state index in [1.807, 2.05) is 0 Å². The summed E-state index contributed by atoms with van der Waals surface area (Å²) in [4.78, 5) is 0. The van der Waals surface area contributed by atoms with Gasteiger partial charge in [-0.3, -0.25) is 0 Å². The number of hydrogen-bond donors (Lipinski definition) is 2. The third-order valence-corrected chi connectivity index (χ3v) is 1.01. The summed E-state index contributed by atoms with van der Waals surface area (Å²) in [7, 11) is 0. The van der Waals surface area contributed by atoms with Gasteiger partial charge in [0.15, 0.2) is 0 Å². The number of aromatic nitrogens is 4. The van der Waals surface area contributed by atoms with E-state index >= 15 is 0 Å². The maximum Gasteiger partial charge on any atom is 0.0803 e. The van der Waals surface area contributed by atoms with Crippen LogP contribution in [0.3, 0.4) is 0 Å². The molecule has 5 nitrogen and oxygen atoms in total. The third-order valence-electron chi connectivity index (χ3n) is 1.01. The molecule has 0 aliphatic carbocycles. The molecule has 0 spiro atoms. The number of H-pyrrole nitrogens is 1. The summed E-state index contributed by atoms with van der Waals surface area (Å²) in [5.74, 6) is 0. The first-order valence-corrected chi connectivity index (χ1v) is 4.07. The molecule has 5 heteroatoms. The van der Waals surface area contributed by atoms with E-state index in [0.717, 1.165) is 12.1 Å². The van der Waals surface area contributed by atoms with E-state index in [1.165, 1.54) is 0 Å². The average Bonchev–Trinajstić information content (AvgIpc) is 2.36. The fourth-order valence-electron chi connectivity index (χ4n) is 0.882. The summed E-state index contributed by atoms with van der Waals surface area (Å²) in [6.07, 6.45) is 2.19. The van der Waals surface area contributed by atoms with Crippen LogP contribution in [0.15, 0.2) is 0 Å². The summed E-state index contributed by atoms with van der Waals surface area (Å²) in [5.41, 5.74) is 0. The molecule has 1 rings (SSSR count). The predicted octanol–water partition coefficient (Wildman–Crippen LogP) is -0.634. The second kappa shape index (κ2) is 6.72. The molecule has 0 atom stereocenters. The summed E-state index contributed by atoms with van der Waals surface area (Å²) in [6, 6.07) is 1.50. The molecule has 12 heavy (non-hydrogen) atoms. The largest absolute Gasteiger partial charge is 0.357 e. The van der Waals surface area contributed by atoms with Crippen molar-refractivity contribution in [2.75, 3.05) is 0 Å². The topological polar surface area (TPSA) is 71.1 Å². The van der Waals surface area contributed by atoms with Crippen LogP contribution in [0.5, 0.6) is 0 Å². The lowest BCUT2D eigenvalue weighted by Gasteiger charge is -2.06. The van der Waals surface area contributed by atoms with Gasteiger partial charge in [-0.1, -0.05) is 5.21 Å². The Bertz CT molecular complexity index is 135. The van der Waals surface area contributed by atoms with Crippen molar-refractivity contribution in [1.82, 2.24) is 20.6 Å². The minimum absolute atomic E-state index is 0.750. The molecular formula is C7H17N5. The van der Waals surface area contributed by atoms with Gasteiger partial charge in [0.2, 0.25) is 0 Å². The summed E-state index contributed by atoms with van der Waals surface area (Å²) >= 11 is 0. The Hall–Kier alpha value is -0.970. The van der Waals surface area contributed by atoms with E-state index in [1.54, 1.807) is 0 Å². The first kappa shape index (κ1) is 11.0. The van der Waals surface area contributed by atoms with Gasteiger partial charge >= 0.3 is 0 Å². The number of nitrogens with one attached hydrogen (secondary N) is 1. The van der Waals surface area contributed by atoms with E-state index in [2.05, 4.69) is 60.0 Å². The van der Waals surface area contributed by atoms with Gasteiger partial charge in [0.05, 0.1) is 12.1 Å². The Balaban J connectivity index is 0.000000211. The minimum Gasteiger partial charge on any atom is -0.357 e. The predicted molar refractivity (Wildman–Crippen MR) is 45.2 cm³/mol. The fourth-order valence-corrected chi connectivity index (χ4v) is 0.882. The summed E-state index contributed by atoms with van der Waals surface area (Å²) in [6.45, 7) is 8.83. The Morgan fingerprint density at radius 3 is 1.83 bits per heavy atom. The Morgan fingerprint density at radius 2 is 1.75 bits per heavy atom.